The number of allylic oxidation sites excluding steroid dienone is 1. The number of oxime groups is 1. The molecule has 2 amide bonds. The SMILES string of the molecule is C=CCO[C@@]12Oc3ccc(OC(=O)NCCCCCCCCCCCC)cc3[C@H]3[C@H](CCCCO)[C@@H](CCCCO)C=C(C(=NOCc4ccc([N+](=O)[O-])cc4)C[C@@H]1N(CCOCCO)C(=O)CCCCCCCCCCC)[C@H]32. The van der Waals surface area contributed by atoms with Crippen molar-refractivity contribution in [3.05, 3.63) is 88.0 Å². The van der Waals surface area contributed by atoms with Gasteiger partial charge in [0.15, 0.2) is 0 Å². The largest absolute Gasteiger partial charge is 0.459 e. The lowest BCUT2D eigenvalue weighted by atomic mass is 9.55. The van der Waals surface area contributed by atoms with Gasteiger partial charge in [0.1, 0.15) is 24.1 Å². The molecule has 1 aliphatic heterocycles. The Hall–Kier alpha value is -4.87. The Morgan fingerprint density at radius 3 is 2.06 bits per heavy atom. The number of non-ortho nitro benzene ring substituents is 1. The van der Waals surface area contributed by atoms with Gasteiger partial charge in [-0.05, 0) is 91.8 Å². The lowest BCUT2D eigenvalue weighted by molar-refractivity contribution is -0.384. The molecule has 6 atom stereocenters. The van der Waals surface area contributed by atoms with Crippen molar-refractivity contribution in [2.75, 3.05) is 52.7 Å². The van der Waals surface area contributed by atoms with E-state index in [1.807, 2.05) is 17.0 Å². The van der Waals surface area contributed by atoms with E-state index in [1.165, 1.54) is 89.2 Å². The molecule has 0 radical (unpaired) electrons. The predicted octanol–water partition coefficient (Wildman–Crippen LogP) is 13.2. The van der Waals surface area contributed by atoms with Crippen LogP contribution in [0.3, 0.4) is 0 Å². The van der Waals surface area contributed by atoms with Crippen molar-refractivity contribution < 1.29 is 53.6 Å². The monoisotopic (exact) mass is 1100 g/mol. The summed E-state index contributed by atoms with van der Waals surface area (Å²) < 4.78 is 26.6. The molecular formula is C63H98N4O12. The van der Waals surface area contributed by atoms with Crippen LogP contribution in [0.15, 0.2) is 71.9 Å². The summed E-state index contributed by atoms with van der Waals surface area (Å²) in [5, 5.41) is 49.3. The maximum absolute atomic E-state index is 15.1. The Labute approximate surface area is 472 Å². The number of nitrogens with zero attached hydrogens (tertiary/aromatic N) is 3. The van der Waals surface area contributed by atoms with Gasteiger partial charge < -0.3 is 49.3 Å². The number of fused-ring (bicyclic) bond motifs is 2. The first-order valence-corrected chi connectivity index (χ1v) is 30.5. The third kappa shape index (κ3) is 20.6. The smallest absolute Gasteiger partial charge is 0.412 e. The zero-order valence-corrected chi connectivity index (χ0v) is 48.1. The number of ether oxygens (including phenoxy) is 4. The summed E-state index contributed by atoms with van der Waals surface area (Å²) in [6.45, 7) is 9.47. The molecule has 5 rings (SSSR count). The lowest BCUT2D eigenvalue weighted by Crippen LogP contribution is -2.70. The number of nitro benzene ring substituents is 1. The minimum absolute atomic E-state index is 0.0207. The highest BCUT2D eigenvalue weighted by Gasteiger charge is 2.65. The highest BCUT2D eigenvalue weighted by atomic mass is 16.7. The molecule has 442 valence electrons. The van der Waals surface area contributed by atoms with Gasteiger partial charge in [-0.1, -0.05) is 153 Å². The van der Waals surface area contributed by atoms with Gasteiger partial charge in [0.25, 0.3) is 5.69 Å². The van der Waals surface area contributed by atoms with Crippen LogP contribution < -0.4 is 14.8 Å². The molecule has 4 N–H and O–H groups in total. The molecule has 2 aromatic rings. The van der Waals surface area contributed by atoms with E-state index < -0.39 is 28.8 Å². The standard InChI is InChI=1S/C63H98N4O12/c1-4-7-9-11-13-15-17-19-21-25-37-64-62(72)78-52-35-36-57-55(46-52)60-53(29-24-27-40-69)50(28-23-26-39-68)45-54-56(65-77-48-49-31-33-51(34-32-49)67(73)74)47-58(63(79-57,61(54)60)76-42-6-3)66(38-43-75-44-41-70)59(71)30-22-20-18-16-14-12-10-8-5-2/h6,31-36,45-46,50,53,58,60-61,68-70H,3-5,7-30,37-44,47-48H2,1-2H3,(H,64,72)/t50-,53+,58-,60+,61+,63+/m0/s1. The van der Waals surface area contributed by atoms with E-state index in [4.69, 9.17) is 28.9 Å². The first kappa shape index (κ1) is 64.9. The van der Waals surface area contributed by atoms with E-state index in [2.05, 4.69) is 31.8 Å². The summed E-state index contributed by atoms with van der Waals surface area (Å²) in [5.41, 5.74) is 2.91. The number of hydrogen-bond donors (Lipinski definition) is 4. The number of benzene rings is 2. The topological polar surface area (TPSA) is 212 Å². The van der Waals surface area contributed by atoms with E-state index in [-0.39, 0.29) is 88.6 Å². The van der Waals surface area contributed by atoms with Gasteiger partial charge in [-0.3, -0.25) is 14.9 Å². The first-order valence-electron chi connectivity index (χ1n) is 30.5. The van der Waals surface area contributed by atoms with Gasteiger partial charge in [-0.15, -0.1) is 6.58 Å². The van der Waals surface area contributed by atoms with Crippen LogP contribution in [0.2, 0.25) is 0 Å². The van der Waals surface area contributed by atoms with Crippen LogP contribution in [-0.4, -0.2) is 107 Å². The predicted molar refractivity (Wildman–Crippen MR) is 310 cm³/mol. The number of hydrogen-bond acceptors (Lipinski definition) is 13. The van der Waals surface area contributed by atoms with E-state index in [0.29, 0.717) is 55.0 Å². The van der Waals surface area contributed by atoms with Gasteiger partial charge in [-0.25, -0.2) is 4.79 Å². The average Bonchev–Trinajstić information content (AvgIpc) is 3.49. The number of unbranched alkanes of at least 4 members (excludes halogenated alkanes) is 19. The molecule has 16 heteroatoms. The molecule has 0 bridgehead atoms. The second kappa shape index (κ2) is 37.2. The molecule has 2 aliphatic carbocycles. The summed E-state index contributed by atoms with van der Waals surface area (Å²) in [5.74, 6) is -1.76. The summed E-state index contributed by atoms with van der Waals surface area (Å²) in [4.78, 5) is 47.7. The number of aliphatic hydroxyl groups is 3. The Kier molecular flexibility index (Phi) is 30.6. The number of amides is 2. The van der Waals surface area contributed by atoms with Crippen molar-refractivity contribution in [2.24, 2.45) is 22.9 Å². The van der Waals surface area contributed by atoms with Crippen LogP contribution in [0.1, 0.15) is 204 Å². The summed E-state index contributed by atoms with van der Waals surface area (Å²) in [7, 11) is 0. The summed E-state index contributed by atoms with van der Waals surface area (Å²) >= 11 is 0. The Balaban J connectivity index is 1.57. The Morgan fingerprint density at radius 2 is 1.44 bits per heavy atom. The van der Waals surface area contributed by atoms with Gasteiger partial charge in [0, 0.05) is 62.8 Å². The van der Waals surface area contributed by atoms with Gasteiger partial charge in [-0.2, -0.15) is 0 Å². The second-order valence-corrected chi connectivity index (χ2v) is 22.0. The number of nitrogens with one attached hydrogen (secondary N) is 1. The average molecular weight is 1100 g/mol. The maximum atomic E-state index is 15.1. The van der Waals surface area contributed by atoms with E-state index in [1.54, 1.807) is 24.3 Å². The van der Waals surface area contributed by atoms with Crippen LogP contribution >= 0.6 is 0 Å². The lowest BCUT2D eigenvalue weighted by Gasteiger charge is -2.60. The normalized spacial score (nSPS) is 20.6. The molecule has 0 spiro atoms. The Bertz CT molecular complexity index is 2150. The van der Waals surface area contributed by atoms with Crippen LogP contribution in [0.4, 0.5) is 10.5 Å². The number of carbonyl (C=O) groups excluding carboxylic acids is 2. The van der Waals surface area contributed by atoms with Crippen LogP contribution in [0.5, 0.6) is 11.5 Å². The first-order chi connectivity index (χ1) is 38.7. The van der Waals surface area contributed by atoms with E-state index in [9.17, 15) is 30.2 Å². The van der Waals surface area contributed by atoms with Crippen molar-refractivity contribution in [3.63, 3.8) is 0 Å². The fourth-order valence-corrected chi connectivity index (χ4v) is 12.1. The maximum Gasteiger partial charge on any atom is 0.412 e. The fraction of sp³-hybridized carbons (Fsp3) is 0.698. The molecule has 3 aliphatic rings. The minimum Gasteiger partial charge on any atom is -0.459 e. The van der Waals surface area contributed by atoms with Crippen LogP contribution in [0, 0.1) is 27.9 Å². The molecule has 0 unspecified atom stereocenters. The second-order valence-electron chi connectivity index (χ2n) is 22.0. The highest BCUT2D eigenvalue weighted by Crippen LogP contribution is 2.62. The minimum atomic E-state index is -1.51. The zero-order valence-electron chi connectivity index (χ0n) is 48.1. The van der Waals surface area contributed by atoms with E-state index >= 15 is 4.79 Å². The van der Waals surface area contributed by atoms with Crippen LogP contribution in [-0.2, 0) is 25.7 Å². The van der Waals surface area contributed by atoms with Crippen molar-refractivity contribution in [1.29, 1.82) is 0 Å². The number of rotatable bonds is 43. The van der Waals surface area contributed by atoms with Gasteiger partial charge in [0.2, 0.25) is 11.7 Å². The molecule has 2 aromatic carbocycles. The number of carbonyl (C=O) groups is 2. The highest BCUT2D eigenvalue weighted by molar-refractivity contribution is 6.03. The van der Waals surface area contributed by atoms with Crippen molar-refractivity contribution in [3.8, 4) is 11.5 Å². The molecule has 79 heavy (non-hydrogen) atoms. The third-order valence-electron chi connectivity index (χ3n) is 16.1. The summed E-state index contributed by atoms with van der Waals surface area (Å²) in [6.07, 6.45) is 29.8. The Morgan fingerprint density at radius 1 is 0.810 bits per heavy atom. The molecule has 0 aromatic heterocycles. The third-order valence-corrected chi connectivity index (χ3v) is 16.1. The van der Waals surface area contributed by atoms with E-state index in [0.717, 1.165) is 75.3 Å². The number of aliphatic hydroxyl groups excluding tert-OH is 3. The molecule has 1 fully saturated rings. The summed E-state index contributed by atoms with van der Waals surface area (Å²) in [6, 6.07) is 10.9. The van der Waals surface area contributed by atoms with Crippen molar-refractivity contribution in [1.82, 2.24) is 10.2 Å². The van der Waals surface area contributed by atoms with Crippen molar-refractivity contribution in [2.45, 2.75) is 212 Å². The van der Waals surface area contributed by atoms with Gasteiger partial charge in [0.05, 0.1) is 43.0 Å². The quantitative estimate of drug-likeness (QED) is 0.0211. The fourth-order valence-electron chi connectivity index (χ4n) is 12.1. The molecule has 1 heterocycles. The van der Waals surface area contributed by atoms with Gasteiger partial charge >= 0.3 is 6.09 Å². The molecule has 1 saturated carbocycles. The van der Waals surface area contributed by atoms with Crippen LogP contribution in [0.25, 0.3) is 0 Å². The molecular weight excluding hydrogens is 1000 g/mol. The number of nitro groups is 1. The van der Waals surface area contributed by atoms with Crippen molar-refractivity contribution >= 4 is 23.4 Å². The molecule has 0 saturated heterocycles. The zero-order chi connectivity index (χ0) is 56.5. The molecule has 16 nitrogen and oxygen atoms in total.